The number of aryl methyl sites for hydroxylation is 2. The molecule has 3 aromatic carbocycles. The van der Waals surface area contributed by atoms with Gasteiger partial charge in [-0.05, 0) is 35.1 Å². The second-order valence-corrected chi connectivity index (χ2v) is 5.55. The molecule has 0 aliphatic carbocycles. The molecule has 0 saturated heterocycles. The Balaban J connectivity index is 0.000000511. The summed E-state index contributed by atoms with van der Waals surface area (Å²) in [5, 5.41) is 0. The van der Waals surface area contributed by atoms with Crippen molar-refractivity contribution >= 4 is 12.2 Å². The van der Waals surface area contributed by atoms with Crippen LogP contribution in [0.2, 0.25) is 0 Å². The highest BCUT2D eigenvalue weighted by Gasteiger charge is 1.95. The quantitative estimate of drug-likeness (QED) is 0.421. The van der Waals surface area contributed by atoms with E-state index in [0.29, 0.717) is 0 Å². The molecule has 148 valence electrons. The zero-order valence-corrected chi connectivity index (χ0v) is 18.1. The zero-order valence-electron chi connectivity index (χ0n) is 18.1. The van der Waals surface area contributed by atoms with Gasteiger partial charge in [0.2, 0.25) is 0 Å². The van der Waals surface area contributed by atoms with Gasteiger partial charge in [-0.15, -0.1) is 0 Å². The minimum atomic E-state index is 1.10. The Kier molecular flexibility index (Phi) is 15.8. The molecule has 0 spiro atoms. The van der Waals surface area contributed by atoms with Crippen LogP contribution in [-0.4, -0.2) is 0 Å². The Labute approximate surface area is 173 Å². The molecule has 0 amide bonds. The van der Waals surface area contributed by atoms with Gasteiger partial charge in [-0.3, -0.25) is 0 Å². The topological polar surface area (TPSA) is 0 Å². The average Bonchev–Trinajstić information content (AvgIpc) is 2.82. The molecule has 0 bridgehead atoms. The molecule has 3 aromatic rings. The number of hydrogen-bond acceptors (Lipinski definition) is 0. The van der Waals surface area contributed by atoms with Crippen molar-refractivity contribution in [3.05, 3.63) is 120 Å². The number of hydrogen-bond donors (Lipinski definition) is 0. The number of rotatable bonds is 5. The molecule has 0 fully saturated rings. The summed E-state index contributed by atoms with van der Waals surface area (Å²) >= 11 is 0. The highest BCUT2D eigenvalue weighted by molar-refractivity contribution is 5.47. The van der Waals surface area contributed by atoms with Crippen LogP contribution in [0.15, 0.2) is 98.1 Å². The van der Waals surface area contributed by atoms with Gasteiger partial charge in [0.1, 0.15) is 0 Å². The lowest BCUT2D eigenvalue weighted by Crippen LogP contribution is -1.90. The van der Waals surface area contributed by atoms with E-state index in [-0.39, 0.29) is 0 Å². The molecule has 0 heteroatoms. The van der Waals surface area contributed by atoms with Crippen LogP contribution in [0.3, 0.4) is 0 Å². The lowest BCUT2D eigenvalue weighted by molar-refractivity contribution is 0.960. The van der Waals surface area contributed by atoms with Crippen molar-refractivity contribution in [2.75, 3.05) is 0 Å². The van der Waals surface area contributed by atoms with Crippen LogP contribution in [0.4, 0.5) is 0 Å². The van der Waals surface area contributed by atoms with Gasteiger partial charge in [-0.2, -0.15) is 0 Å². The maximum Gasteiger partial charge on any atom is -0.0238 e. The van der Waals surface area contributed by atoms with E-state index in [1.165, 1.54) is 22.3 Å². The molecule has 0 radical (unpaired) electrons. The van der Waals surface area contributed by atoms with Crippen LogP contribution in [0.25, 0.3) is 12.2 Å². The largest absolute Gasteiger partial charge is 0.0985 e. The van der Waals surface area contributed by atoms with Crippen molar-refractivity contribution in [2.45, 2.75) is 40.5 Å². The smallest absolute Gasteiger partial charge is 0.0238 e. The molecule has 0 N–H and O–H groups in total. The Morgan fingerprint density at radius 3 is 1.25 bits per heavy atom. The molecule has 0 aliphatic rings. The molecular formula is C28H36. The van der Waals surface area contributed by atoms with E-state index in [9.17, 15) is 0 Å². The van der Waals surface area contributed by atoms with E-state index in [0.717, 1.165) is 12.8 Å². The van der Waals surface area contributed by atoms with E-state index >= 15 is 0 Å². The minimum absolute atomic E-state index is 1.10. The van der Waals surface area contributed by atoms with Gasteiger partial charge in [0.05, 0.1) is 0 Å². The van der Waals surface area contributed by atoms with Crippen LogP contribution in [0.1, 0.15) is 49.9 Å². The molecule has 0 atom stereocenters. The SMILES string of the molecule is C=Cc1ccc(CCc2ccccc2)cc1.C=Cc1ccccc1.CC.CC. The molecule has 3 rings (SSSR count). The predicted molar refractivity (Wildman–Crippen MR) is 130 cm³/mol. The van der Waals surface area contributed by atoms with Crippen LogP contribution >= 0.6 is 0 Å². The van der Waals surface area contributed by atoms with Gasteiger partial charge in [0.15, 0.2) is 0 Å². The molecular weight excluding hydrogens is 336 g/mol. The predicted octanol–water partition coefficient (Wildman–Crippen LogP) is 8.50. The maximum absolute atomic E-state index is 3.75. The Bertz CT molecular complexity index is 722. The van der Waals surface area contributed by atoms with Crippen molar-refractivity contribution in [3.8, 4) is 0 Å². The third-order valence-electron chi connectivity index (χ3n) is 3.80. The van der Waals surface area contributed by atoms with Crippen LogP contribution in [-0.2, 0) is 12.8 Å². The summed E-state index contributed by atoms with van der Waals surface area (Å²) < 4.78 is 0. The van der Waals surface area contributed by atoms with E-state index < -0.39 is 0 Å². The Morgan fingerprint density at radius 1 is 0.500 bits per heavy atom. The highest BCUT2D eigenvalue weighted by atomic mass is 14.0. The van der Waals surface area contributed by atoms with E-state index in [1.807, 2.05) is 70.2 Å². The minimum Gasteiger partial charge on any atom is -0.0985 e. The second kappa shape index (κ2) is 17.5. The van der Waals surface area contributed by atoms with Crippen molar-refractivity contribution in [1.29, 1.82) is 0 Å². The second-order valence-electron chi connectivity index (χ2n) is 5.55. The summed E-state index contributed by atoms with van der Waals surface area (Å²) in [7, 11) is 0. The van der Waals surface area contributed by atoms with Gasteiger partial charge in [-0.1, -0.05) is 138 Å². The lowest BCUT2D eigenvalue weighted by Gasteiger charge is -2.02. The fourth-order valence-corrected chi connectivity index (χ4v) is 2.34. The summed E-state index contributed by atoms with van der Waals surface area (Å²) in [4.78, 5) is 0. The van der Waals surface area contributed by atoms with E-state index in [4.69, 9.17) is 0 Å². The summed E-state index contributed by atoms with van der Waals surface area (Å²) in [6.07, 6.45) is 5.91. The van der Waals surface area contributed by atoms with Crippen molar-refractivity contribution in [3.63, 3.8) is 0 Å². The van der Waals surface area contributed by atoms with Gasteiger partial charge in [-0.25, -0.2) is 0 Å². The monoisotopic (exact) mass is 372 g/mol. The van der Waals surface area contributed by atoms with E-state index in [2.05, 4.69) is 67.8 Å². The van der Waals surface area contributed by atoms with E-state index in [1.54, 1.807) is 0 Å². The fourth-order valence-electron chi connectivity index (χ4n) is 2.34. The van der Waals surface area contributed by atoms with Gasteiger partial charge in [0, 0.05) is 0 Å². The Hall–Kier alpha value is -2.86. The molecule has 0 nitrogen and oxygen atoms in total. The average molecular weight is 373 g/mol. The number of benzene rings is 3. The summed E-state index contributed by atoms with van der Waals surface area (Å²) in [5.74, 6) is 0. The third-order valence-corrected chi connectivity index (χ3v) is 3.80. The van der Waals surface area contributed by atoms with Crippen LogP contribution < -0.4 is 0 Å². The molecule has 0 aliphatic heterocycles. The molecule has 0 heterocycles. The van der Waals surface area contributed by atoms with Crippen LogP contribution in [0.5, 0.6) is 0 Å². The normalized spacial score (nSPS) is 8.57. The zero-order chi connectivity index (χ0) is 21.0. The molecule has 0 saturated carbocycles. The Morgan fingerprint density at radius 2 is 0.857 bits per heavy atom. The molecule has 28 heavy (non-hydrogen) atoms. The molecule has 0 aromatic heterocycles. The van der Waals surface area contributed by atoms with Gasteiger partial charge < -0.3 is 0 Å². The highest BCUT2D eigenvalue weighted by Crippen LogP contribution is 2.09. The van der Waals surface area contributed by atoms with Crippen LogP contribution in [0, 0.1) is 0 Å². The third kappa shape index (κ3) is 11.0. The van der Waals surface area contributed by atoms with Gasteiger partial charge in [0.25, 0.3) is 0 Å². The lowest BCUT2D eigenvalue weighted by atomic mass is 10.0. The summed E-state index contributed by atoms with van der Waals surface area (Å²) in [5.41, 5.74) is 5.14. The first-order chi connectivity index (χ1) is 13.8. The first-order valence-corrected chi connectivity index (χ1v) is 10.2. The fraction of sp³-hybridized carbons (Fsp3) is 0.214. The van der Waals surface area contributed by atoms with Crippen molar-refractivity contribution in [1.82, 2.24) is 0 Å². The molecule has 0 unspecified atom stereocenters. The van der Waals surface area contributed by atoms with Gasteiger partial charge >= 0.3 is 0 Å². The van der Waals surface area contributed by atoms with Crippen molar-refractivity contribution < 1.29 is 0 Å². The first-order valence-electron chi connectivity index (χ1n) is 10.2. The maximum atomic E-state index is 3.75. The summed E-state index contributed by atoms with van der Waals surface area (Å²) in [6, 6.07) is 29.2. The standard InChI is InChI=1S/C16H16.C8H8.2C2H6/c1-2-14-8-10-16(11-9-14)13-12-15-6-4-3-5-7-15;1-2-8-6-4-3-5-7-8;2*1-2/h2-11H,1,12-13H2;2-7H,1H2;2*1-2H3. The first kappa shape index (κ1) is 25.1. The summed E-state index contributed by atoms with van der Waals surface area (Å²) in [6.45, 7) is 15.4. The van der Waals surface area contributed by atoms with Crippen molar-refractivity contribution in [2.24, 2.45) is 0 Å².